The van der Waals surface area contributed by atoms with Crippen LogP contribution >= 0.6 is 11.9 Å². The highest BCUT2D eigenvalue weighted by molar-refractivity contribution is 7.97. The summed E-state index contributed by atoms with van der Waals surface area (Å²) in [5, 5.41) is 3.13. The van der Waals surface area contributed by atoms with Gasteiger partial charge in [0.25, 0.3) is 0 Å². The highest BCUT2D eigenvalue weighted by atomic mass is 32.2. The zero-order valence-corrected chi connectivity index (χ0v) is 25.6. The molecule has 1 atom stereocenters. The Morgan fingerprint density at radius 3 is 2.05 bits per heavy atom. The van der Waals surface area contributed by atoms with Gasteiger partial charge in [-0.3, -0.25) is 9.78 Å². The van der Waals surface area contributed by atoms with Crippen molar-refractivity contribution in [2.75, 3.05) is 55.5 Å². The number of aromatic nitrogens is 1. The molecule has 1 aliphatic heterocycles. The number of pyridine rings is 1. The molecule has 1 unspecified atom stereocenters. The predicted octanol–water partition coefficient (Wildman–Crippen LogP) is 6.74. The molecule has 1 saturated heterocycles. The zero-order valence-electron chi connectivity index (χ0n) is 24.8. The number of amides is 1. The SMILES string of the molecule is COc1cc(C)c(SN(C)C(CC(=O)Nc2ccc(N3CCN(c4ccncc4)CC3)cc2)c2ccccc2)c(C)c1. The van der Waals surface area contributed by atoms with Gasteiger partial charge in [-0.1, -0.05) is 30.3 Å². The molecule has 0 aliphatic carbocycles. The third-order valence-electron chi connectivity index (χ3n) is 7.73. The van der Waals surface area contributed by atoms with Crippen molar-refractivity contribution in [3.63, 3.8) is 0 Å². The molecule has 1 amide bonds. The number of hydrogen-bond donors (Lipinski definition) is 1. The number of nitrogens with zero attached hydrogens (tertiary/aromatic N) is 4. The Labute approximate surface area is 253 Å². The van der Waals surface area contributed by atoms with Gasteiger partial charge in [-0.15, -0.1) is 0 Å². The molecule has 0 spiro atoms. The van der Waals surface area contributed by atoms with Gasteiger partial charge in [-0.05, 0) is 98.1 Å². The second kappa shape index (κ2) is 13.8. The molecule has 4 aromatic rings. The van der Waals surface area contributed by atoms with Gasteiger partial charge in [0.2, 0.25) is 5.91 Å². The average molecular weight is 582 g/mol. The molecule has 1 aromatic heterocycles. The van der Waals surface area contributed by atoms with Crippen molar-refractivity contribution < 1.29 is 9.53 Å². The summed E-state index contributed by atoms with van der Waals surface area (Å²) in [6.07, 6.45) is 4.02. The van der Waals surface area contributed by atoms with Crippen molar-refractivity contribution in [2.24, 2.45) is 0 Å². The van der Waals surface area contributed by atoms with Crippen molar-refractivity contribution in [1.82, 2.24) is 9.29 Å². The van der Waals surface area contributed by atoms with Gasteiger partial charge < -0.3 is 19.9 Å². The number of piperazine rings is 1. The predicted molar refractivity (Wildman–Crippen MR) is 174 cm³/mol. The number of rotatable bonds is 10. The summed E-state index contributed by atoms with van der Waals surface area (Å²) in [7, 11) is 3.75. The third kappa shape index (κ3) is 7.24. The van der Waals surface area contributed by atoms with Gasteiger partial charge in [0.15, 0.2) is 0 Å². The molecule has 8 heteroatoms. The van der Waals surface area contributed by atoms with E-state index in [-0.39, 0.29) is 11.9 Å². The number of benzene rings is 3. The molecule has 42 heavy (non-hydrogen) atoms. The second-order valence-corrected chi connectivity index (χ2v) is 11.8. The molecule has 3 aromatic carbocycles. The van der Waals surface area contributed by atoms with Crippen molar-refractivity contribution in [1.29, 1.82) is 0 Å². The highest BCUT2D eigenvalue weighted by Crippen LogP contribution is 2.37. The summed E-state index contributed by atoms with van der Waals surface area (Å²) in [6.45, 7) is 8.02. The number of ether oxygens (including phenoxy) is 1. The summed E-state index contributed by atoms with van der Waals surface area (Å²) in [6, 6.07) is 26.6. The minimum absolute atomic E-state index is 0.0156. The van der Waals surface area contributed by atoms with Crippen LogP contribution in [-0.2, 0) is 4.79 Å². The molecule has 7 nitrogen and oxygen atoms in total. The standard InChI is InChI=1S/C34H39N5O2S/c1-25-22-31(41-4)23-26(2)34(25)42-37(3)32(27-8-6-5-7-9-27)24-33(40)36-28-10-12-29(13-11-28)38-18-20-39(21-19-38)30-14-16-35-17-15-30/h5-17,22-23,32H,18-21,24H2,1-4H3,(H,36,40). The molecule has 218 valence electrons. The van der Waals surface area contributed by atoms with Crippen LogP contribution in [0.15, 0.2) is 96.2 Å². The van der Waals surface area contributed by atoms with E-state index < -0.39 is 0 Å². The maximum absolute atomic E-state index is 13.3. The first-order valence-electron chi connectivity index (χ1n) is 14.3. The van der Waals surface area contributed by atoms with Crippen LogP contribution in [0.3, 0.4) is 0 Å². The largest absolute Gasteiger partial charge is 0.497 e. The Morgan fingerprint density at radius 1 is 0.905 bits per heavy atom. The van der Waals surface area contributed by atoms with Gasteiger partial charge in [0, 0.05) is 67.0 Å². The third-order valence-corrected chi connectivity index (χ3v) is 9.10. The lowest BCUT2D eigenvalue weighted by Gasteiger charge is -2.37. The Kier molecular flexibility index (Phi) is 9.66. The normalized spacial score (nSPS) is 14.1. The highest BCUT2D eigenvalue weighted by Gasteiger charge is 2.23. The number of methoxy groups -OCH3 is 1. The minimum Gasteiger partial charge on any atom is -0.497 e. The van der Waals surface area contributed by atoms with E-state index in [1.54, 1.807) is 19.1 Å². The van der Waals surface area contributed by atoms with Crippen LogP contribution in [0.5, 0.6) is 5.75 Å². The molecule has 1 fully saturated rings. The molecule has 2 heterocycles. The number of hydrogen-bond acceptors (Lipinski definition) is 7. The number of carbonyl (C=O) groups is 1. The van der Waals surface area contributed by atoms with Crippen LogP contribution in [0.1, 0.15) is 29.2 Å². The molecular weight excluding hydrogens is 542 g/mol. The van der Waals surface area contributed by atoms with Crippen molar-refractivity contribution >= 4 is 34.9 Å². The first-order chi connectivity index (χ1) is 20.4. The second-order valence-electron chi connectivity index (χ2n) is 10.6. The van der Waals surface area contributed by atoms with Crippen LogP contribution in [-0.4, -0.2) is 55.5 Å². The van der Waals surface area contributed by atoms with Gasteiger partial charge in [-0.25, -0.2) is 4.31 Å². The topological polar surface area (TPSA) is 60.9 Å². The lowest BCUT2D eigenvalue weighted by Crippen LogP contribution is -2.46. The van der Waals surface area contributed by atoms with E-state index in [1.165, 1.54) is 16.3 Å². The first kappa shape index (κ1) is 29.5. The Hall–Kier alpha value is -4.01. The summed E-state index contributed by atoms with van der Waals surface area (Å²) in [4.78, 5) is 23.4. The van der Waals surface area contributed by atoms with E-state index in [0.29, 0.717) is 6.42 Å². The monoisotopic (exact) mass is 581 g/mol. The zero-order chi connectivity index (χ0) is 29.5. The molecular formula is C34H39N5O2S. The van der Waals surface area contributed by atoms with E-state index in [2.05, 4.69) is 93.8 Å². The molecule has 0 bridgehead atoms. The Morgan fingerprint density at radius 2 is 1.48 bits per heavy atom. The molecule has 0 radical (unpaired) electrons. The number of carbonyl (C=O) groups excluding carboxylic acids is 1. The average Bonchev–Trinajstić information content (AvgIpc) is 3.02. The van der Waals surface area contributed by atoms with E-state index in [9.17, 15) is 4.79 Å². The lowest BCUT2D eigenvalue weighted by molar-refractivity contribution is -0.117. The van der Waals surface area contributed by atoms with Crippen LogP contribution < -0.4 is 19.9 Å². The quantitative estimate of drug-likeness (QED) is 0.208. The van der Waals surface area contributed by atoms with Crippen LogP contribution in [0, 0.1) is 13.8 Å². The Bertz CT molecular complexity index is 1440. The summed E-state index contributed by atoms with van der Waals surface area (Å²) < 4.78 is 7.63. The van der Waals surface area contributed by atoms with Crippen LogP contribution in [0.4, 0.5) is 17.1 Å². The van der Waals surface area contributed by atoms with Gasteiger partial charge in [-0.2, -0.15) is 0 Å². The number of anilines is 3. The fraction of sp³-hybridized carbons (Fsp3) is 0.294. The summed E-state index contributed by atoms with van der Waals surface area (Å²) in [5.41, 5.74) is 6.61. The molecule has 0 saturated carbocycles. The van der Waals surface area contributed by atoms with E-state index in [4.69, 9.17) is 4.74 Å². The maximum atomic E-state index is 13.3. The van der Waals surface area contributed by atoms with E-state index in [1.807, 2.05) is 42.7 Å². The van der Waals surface area contributed by atoms with E-state index >= 15 is 0 Å². The number of nitrogens with one attached hydrogen (secondary N) is 1. The fourth-order valence-electron chi connectivity index (χ4n) is 5.43. The smallest absolute Gasteiger partial charge is 0.226 e. The maximum Gasteiger partial charge on any atom is 0.226 e. The lowest BCUT2D eigenvalue weighted by atomic mass is 10.0. The van der Waals surface area contributed by atoms with E-state index in [0.717, 1.165) is 54.3 Å². The van der Waals surface area contributed by atoms with Crippen molar-refractivity contribution in [2.45, 2.75) is 31.2 Å². The van der Waals surface area contributed by atoms with Gasteiger partial charge in [0.05, 0.1) is 13.2 Å². The molecule has 1 aliphatic rings. The fourth-order valence-corrected chi connectivity index (χ4v) is 6.45. The number of aryl methyl sites for hydroxylation is 2. The van der Waals surface area contributed by atoms with Crippen molar-refractivity contribution in [3.05, 3.63) is 108 Å². The van der Waals surface area contributed by atoms with Crippen molar-refractivity contribution in [3.8, 4) is 5.75 Å². The summed E-state index contributed by atoms with van der Waals surface area (Å²) in [5.74, 6) is 0.840. The summed E-state index contributed by atoms with van der Waals surface area (Å²) >= 11 is 1.67. The molecule has 1 N–H and O–H groups in total. The minimum atomic E-state index is -0.104. The van der Waals surface area contributed by atoms with Crippen LogP contribution in [0.25, 0.3) is 0 Å². The first-order valence-corrected chi connectivity index (χ1v) is 15.1. The van der Waals surface area contributed by atoms with Gasteiger partial charge >= 0.3 is 0 Å². The molecule has 5 rings (SSSR count). The Balaban J connectivity index is 1.21. The van der Waals surface area contributed by atoms with Gasteiger partial charge in [0.1, 0.15) is 5.75 Å². The van der Waals surface area contributed by atoms with Crippen LogP contribution in [0.2, 0.25) is 0 Å².